The van der Waals surface area contributed by atoms with Crippen LogP contribution in [0.5, 0.6) is 0 Å². The van der Waals surface area contributed by atoms with Crippen molar-refractivity contribution in [2.45, 2.75) is 12.3 Å². The number of nitrogens with zero attached hydrogens (tertiary/aromatic N) is 1. The molecule has 0 bridgehead atoms. The van der Waals surface area contributed by atoms with E-state index in [-0.39, 0.29) is 19.0 Å². The minimum Gasteiger partial charge on any atom is -0.481 e. The molecule has 0 saturated carbocycles. The molecule has 2 amide bonds. The number of nitrogens with two attached hydrogens (primary N) is 2. The quantitative estimate of drug-likeness (QED) is 0.256. The molecule has 2 aromatic carbocycles. The molecular formula is C19H21N5O4. The third-order valence-corrected chi connectivity index (χ3v) is 3.78. The number of aliphatic carboxylic acids is 1. The summed E-state index contributed by atoms with van der Waals surface area (Å²) in [4.78, 5) is 39.6. The molecule has 9 nitrogen and oxygen atoms in total. The maximum Gasteiger partial charge on any atom is 0.304 e. The minimum absolute atomic E-state index is 0.129. The molecule has 0 aliphatic heterocycles. The number of carbonyl (C=O) groups is 3. The van der Waals surface area contributed by atoms with E-state index in [1.807, 2.05) is 0 Å². The Bertz CT molecular complexity index is 879. The lowest BCUT2D eigenvalue weighted by Crippen LogP contribution is -2.40. The maximum absolute atomic E-state index is 12.4. The van der Waals surface area contributed by atoms with Gasteiger partial charge in [0.05, 0.1) is 24.7 Å². The van der Waals surface area contributed by atoms with E-state index in [2.05, 4.69) is 15.6 Å². The molecule has 1 unspecified atom stereocenters. The van der Waals surface area contributed by atoms with Gasteiger partial charge in [-0.05, 0) is 23.8 Å². The van der Waals surface area contributed by atoms with Crippen molar-refractivity contribution < 1.29 is 19.5 Å². The van der Waals surface area contributed by atoms with Gasteiger partial charge < -0.3 is 27.2 Å². The number of hydrogen-bond acceptors (Lipinski definition) is 4. The molecule has 7 N–H and O–H groups in total. The summed E-state index contributed by atoms with van der Waals surface area (Å²) in [5.74, 6) is -3.02. The lowest BCUT2D eigenvalue weighted by Gasteiger charge is -2.16. The van der Waals surface area contributed by atoms with Crippen molar-refractivity contribution in [2.75, 3.05) is 6.67 Å². The van der Waals surface area contributed by atoms with Crippen molar-refractivity contribution in [1.82, 2.24) is 10.6 Å². The molecule has 1 atom stereocenters. The van der Waals surface area contributed by atoms with Crippen LogP contribution in [0.1, 0.15) is 28.3 Å². The van der Waals surface area contributed by atoms with Gasteiger partial charge in [0, 0.05) is 5.56 Å². The number of guanidine groups is 1. The van der Waals surface area contributed by atoms with E-state index in [9.17, 15) is 14.4 Å². The highest BCUT2D eigenvalue weighted by molar-refractivity contribution is 5.95. The Morgan fingerprint density at radius 3 is 2.36 bits per heavy atom. The van der Waals surface area contributed by atoms with Gasteiger partial charge in [-0.2, -0.15) is 0 Å². The van der Waals surface area contributed by atoms with Crippen LogP contribution in [0, 0.1) is 0 Å². The second-order valence-electron chi connectivity index (χ2n) is 5.87. The third-order valence-electron chi connectivity index (χ3n) is 3.78. The summed E-state index contributed by atoms with van der Waals surface area (Å²) in [5.41, 5.74) is 11.9. The highest BCUT2D eigenvalue weighted by Crippen LogP contribution is 2.19. The molecule has 0 aromatic heterocycles. The zero-order chi connectivity index (χ0) is 20.5. The van der Waals surface area contributed by atoms with E-state index in [1.54, 1.807) is 48.5 Å². The number of carbonyl (C=O) groups excluding carboxylic acids is 2. The Morgan fingerprint density at radius 1 is 1.00 bits per heavy atom. The highest BCUT2D eigenvalue weighted by Gasteiger charge is 2.23. The van der Waals surface area contributed by atoms with Gasteiger partial charge in [0.15, 0.2) is 5.96 Å². The molecule has 9 heteroatoms. The summed E-state index contributed by atoms with van der Waals surface area (Å²) in [6.45, 7) is -0.160. The molecule has 146 valence electrons. The fourth-order valence-electron chi connectivity index (χ4n) is 2.52. The molecule has 0 aliphatic carbocycles. The van der Waals surface area contributed by atoms with Crippen molar-refractivity contribution in [2.24, 2.45) is 16.5 Å². The molecule has 2 rings (SSSR count). The maximum atomic E-state index is 12.4. The first-order valence-electron chi connectivity index (χ1n) is 8.39. The molecule has 0 spiro atoms. The van der Waals surface area contributed by atoms with Crippen LogP contribution < -0.4 is 22.1 Å². The van der Waals surface area contributed by atoms with E-state index in [0.29, 0.717) is 16.8 Å². The van der Waals surface area contributed by atoms with Crippen LogP contribution in [0.15, 0.2) is 59.6 Å². The first kappa shape index (κ1) is 20.4. The lowest BCUT2D eigenvalue weighted by molar-refractivity contribution is -0.139. The van der Waals surface area contributed by atoms with Gasteiger partial charge in [-0.1, -0.05) is 36.4 Å². The Hall–Kier alpha value is -3.88. The number of hydrogen-bond donors (Lipinski definition) is 5. The summed E-state index contributed by atoms with van der Waals surface area (Å²) in [6, 6.07) is 14.9. The van der Waals surface area contributed by atoms with Crippen LogP contribution in [-0.4, -0.2) is 35.5 Å². The molecule has 0 heterocycles. The molecule has 0 radical (unpaired) electrons. The molecule has 0 aliphatic rings. The summed E-state index contributed by atoms with van der Waals surface area (Å²) in [5, 5.41) is 14.1. The van der Waals surface area contributed by atoms with Gasteiger partial charge >= 0.3 is 5.97 Å². The second-order valence-corrected chi connectivity index (χ2v) is 5.87. The predicted molar refractivity (Wildman–Crippen MR) is 104 cm³/mol. The van der Waals surface area contributed by atoms with Crippen molar-refractivity contribution in [3.05, 3.63) is 65.7 Å². The largest absolute Gasteiger partial charge is 0.481 e. The fourth-order valence-corrected chi connectivity index (χ4v) is 2.52. The molecule has 0 fully saturated rings. The van der Waals surface area contributed by atoms with Gasteiger partial charge in [-0.3, -0.25) is 14.4 Å². The number of amides is 2. The highest BCUT2D eigenvalue weighted by atomic mass is 16.4. The summed E-state index contributed by atoms with van der Waals surface area (Å²) in [7, 11) is 0. The van der Waals surface area contributed by atoms with E-state index in [1.165, 1.54) is 6.07 Å². The summed E-state index contributed by atoms with van der Waals surface area (Å²) in [6.07, 6.45) is -0.357. The zero-order valence-electron chi connectivity index (χ0n) is 15.0. The first-order chi connectivity index (χ1) is 13.4. The van der Waals surface area contributed by atoms with Crippen LogP contribution in [0.2, 0.25) is 0 Å². The first-order valence-corrected chi connectivity index (χ1v) is 8.39. The number of rotatable bonds is 8. The van der Waals surface area contributed by atoms with Gasteiger partial charge in [-0.15, -0.1) is 0 Å². The van der Waals surface area contributed by atoms with Crippen LogP contribution >= 0.6 is 0 Å². The van der Waals surface area contributed by atoms with Crippen molar-refractivity contribution in [3.8, 4) is 0 Å². The number of carboxylic acids is 1. The average Bonchev–Trinajstić information content (AvgIpc) is 2.66. The van der Waals surface area contributed by atoms with Gasteiger partial charge in [0.2, 0.25) is 5.91 Å². The van der Waals surface area contributed by atoms with Crippen LogP contribution in [-0.2, 0) is 9.59 Å². The molecule has 28 heavy (non-hydrogen) atoms. The van der Waals surface area contributed by atoms with Crippen molar-refractivity contribution in [1.29, 1.82) is 0 Å². The lowest BCUT2D eigenvalue weighted by atomic mass is 9.95. The smallest absolute Gasteiger partial charge is 0.304 e. The Labute approximate surface area is 161 Å². The SMILES string of the molecule is NC(N)=Nc1cccc(C(=O)NCNC(=O)C(CC(=O)O)c2ccccc2)c1. The normalized spacial score (nSPS) is 11.1. The van der Waals surface area contributed by atoms with Gasteiger partial charge in [-0.25, -0.2) is 4.99 Å². The van der Waals surface area contributed by atoms with E-state index in [0.717, 1.165) is 0 Å². The molecule has 0 saturated heterocycles. The summed E-state index contributed by atoms with van der Waals surface area (Å²) >= 11 is 0. The van der Waals surface area contributed by atoms with Crippen LogP contribution in [0.25, 0.3) is 0 Å². The van der Waals surface area contributed by atoms with E-state index in [4.69, 9.17) is 16.6 Å². The molecular weight excluding hydrogens is 362 g/mol. The number of aliphatic imine (C=N–C) groups is 1. The third kappa shape index (κ3) is 6.13. The minimum atomic E-state index is -1.09. The number of carboxylic acid groups (broad SMARTS) is 1. The van der Waals surface area contributed by atoms with E-state index >= 15 is 0 Å². The Morgan fingerprint density at radius 2 is 1.71 bits per heavy atom. The standard InChI is InChI=1S/C19H21N5O4/c20-19(21)24-14-8-4-7-13(9-14)17(27)22-11-23-18(28)15(10-16(25)26)12-5-2-1-3-6-12/h1-9,15H,10-11H2,(H,22,27)(H,23,28)(H,25,26)(H4,20,21,24). The second kappa shape index (κ2) is 9.72. The predicted octanol–water partition coefficient (Wildman–Crippen LogP) is 0.654. The Balaban J connectivity index is 1.97. The monoisotopic (exact) mass is 383 g/mol. The fraction of sp³-hybridized carbons (Fsp3) is 0.158. The van der Waals surface area contributed by atoms with Crippen molar-refractivity contribution in [3.63, 3.8) is 0 Å². The Kier molecular flexibility index (Phi) is 7.09. The average molecular weight is 383 g/mol. The summed E-state index contributed by atoms with van der Waals surface area (Å²) < 4.78 is 0. The zero-order valence-corrected chi connectivity index (χ0v) is 15.0. The number of benzene rings is 2. The molecule has 2 aromatic rings. The van der Waals surface area contributed by atoms with Crippen molar-refractivity contribution >= 4 is 29.4 Å². The number of nitrogens with one attached hydrogen (secondary N) is 2. The topological polar surface area (TPSA) is 160 Å². The van der Waals surface area contributed by atoms with Crippen LogP contribution in [0.4, 0.5) is 5.69 Å². The van der Waals surface area contributed by atoms with E-state index < -0.39 is 23.7 Å². The van der Waals surface area contributed by atoms with Gasteiger partial charge in [0.25, 0.3) is 5.91 Å². The van der Waals surface area contributed by atoms with Gasteiger partial charge in [0.1, 0.15) is 0 Å². The van der Waals surface area contributed by atoms with Crippen LogP contribution in [0.3, 0.4) is 0 Å².